The lowest BCUT2D eigenvalue weighted by atomic mass is 9.96. The van der Waals surface area contributed by atoms with Gasteiger partial charge in [0.1, 0.15) is 12.4 Å². The predicted octanol–water partition coefficient (Wildman–Crippen LogP) is 2.48. The van der Waals surface area contributed by atoms with Crippen LogP contribution in [0.1, 0.15) is 19.8 Å². The minimum atomic E-state index is -0.319. The normalized spacial score (nSPS) is 20.3. The minimum absolute atomic E-state index is 0.0202. The summed E-state index contributed by atoms with van der Waals surface area (Å²) in [5.74, 6) is 6.72. The maximum absolute atomic E-state index is 11.5. The Labute approximate surface area is 140 Å². The summed E-state index contributed by atoms with van der Waals surface area (Å²) in [6, 6.07) is 7.84. The SMILES string of the molecule is CC#CCOc1ccc(SCC2CC(C(=O)NO)CCO2)cc1. The molecule has 23 heavy (non-hydrogen) atoms. The van der Waals surface area contributed by atoms with Crippen molar-refractivity contribution in [3.05, 3.63) is 24.3 Å². The van der Waals surface area contributed by atoms with Crippen LogP contribution in [0.5, 0.6) is 5.75 Å². The van der Waals surface area contributed by atoms with E-state index in [1.54, 1.807) is 24.2 Å². The summed E-state index contributed by atoms with van der Waals surface area (Å²) >= 11 is 1.68. The Balaban J connectivity index is 1.78. The first-order valence-corrected chi connectivity index (χ1v) is 8.52. The Morgan fingerprint density at radius 3 is 2.96 bits per heavy atom. The summed E-state index contributed by atoms with van der Waals surface area (Å²) in [6.45, 7) is 2.73. The van der Waals surface area contributed by atoms with Gasteiger partial charge in [0.15, 0.2) is 0 Å². The molecule has 1 aliphatic heterocycles. The third kappa shape index (κ3) is 5.79. The van der Waals surface area contributed by atoms with Crippen LogP contribution in [0.4, 0.5) is 0 Å². The summed E-state index contributed by atoms with van der Waals surface area (Å²) in [4.78, 5) is 12.6. The number of ether oxygens (including phenoxy) is 2. The molecule has 0 saturated carbocycles. The van der Waals surface area contributed by atoms with Gasteiger partial charge in [-0.1, -0.05) is 5.92 Å². The van der Waals surface area contributed by atoms with Gasteiger partial charge in [0.25, 0.3) is 0 Å². The third-order valence-electron chi connectivity index (χ3n) is 3.60. The second kappa shape index (κ2) is 9.46. The second-order valence-corrected chi connectivity index (χ2v) is 6.28. The number of carbonyl (C=O) groups is 1. The minimum Gasteiger partial charge on any atom is -0.481 e. The summed E-state index contributed by atoms with van der Waals surface area (Å²) in [7, 11) is 0. The van der Waals surface area contributed by atoms with Crippen molar-refractivity contribution in [2.24, 2.45) is 5.92 Å². The molecule has 2 N–H and O–H groups in total. The number of hydrogen-bond acceptors (Lipinski definition) is 5. The zero-order valence-electron chi connectivity index (χ0n) is 13.1. The Bertz CT molecular complexity index is 564. The number of hydrogen-bond donors (Lipinski definition) is 2. The highest BCUT2D eigenvalue weighted by molar-refractivity contribution is 7.99. The lowest BCUT2D eigenvalue weighted by Crippen LogP contribution is -2.36. The third-order valence-corrected chi connectivity index (χ3v) is 4.74. The first kappa shape index (κ1) is 17.7. The summed E-state index contributed by atoms with van der Waals surface area (Å²) < 4.78 is 11.2. The van der Waals surface area contributed by atoms with Crippen molar-refractivity contribution in [3.8, 4) is 17.6 Å². The summed E-state index contributed by atoms with van der Waals surface area (Å²) in [5, 5.41) is 8.72. The number of amides is 1. The topological polar surface area (TPSA) is 67.8 Å². The molecule has 1 aromatic rings. The van der Waals surface area contributed by atoms with E-state index in [4.69, 9.17) is 14.7 Å². The quantitative estimate of drug-likeness (QED) is 0.362. The fourth-order valence-electron chi connectivity index (χ4n) is 2.34. The molecule has 1 aromatic carbocycles. The lowest BCUT2D eigenvalue weighted by Gasteiger charge is -2.28. The van der Waals surface area contributed by atoms with Crippen LogP contribution >= 0.6 is 11.8 Å². The molecule has 1 heterocycles. The number of carbonyl (C=O) groups excluding carboxylic acids is 1. The predicted molar refractivity (Wildman–Crippen MR) is 88.5 cm³/mol. The zero-order chi connectivity index (χ0) is 16.5. The standard InChI is InChI=1S/C17H21NO4S/c1-2-3-9-21-14-4-6-16(7-5-14)23-12-15-11-13(8-10-22-15)17(19)18-20/h4-7,13,15,20H,8-12H2,1H3,(H,18,19). The van der Waals surface area contributed by atoms with Crippen LogP contribution in [-0.4, -0.2) is 36.2 Å². The Kier molecular flexibility index (Phi) is 7.27. The van der Waals surface area contributed by atoms with Crippen molar-refractivity contribution < 1.29 is 19.5 Å². The molecule has 0 spiro atoms. The molecule has 1 amide bonds. The van der Waals surface area contributed by atoms with Gasteiger partial charge in [-0.15, -0.1) is 17.7 Å². The largest absolute Gasteiger partial charge is 0.481 e. The van der Waals surface area contributed by atoms with E-state index in [2.05, 4.69) is 11.8 Å². The van der Waals surface area contributed by atoms with Crippen molar-refractivity contribution in [3.63, 3.8) is 0 Å². The Morgan fingerprint density at radius 2 is 2.26 bits per heavy atom. The summed E-state index contributed by atoms with van der Waals surface area (Å²) in [6.07, 6.45) is 1.31. The Morgan fingerprint density at radius 1 is 1.48 bits per heavy atom. The fraction of sp³-hybridized carbons (Fsp3) is 0.471. The molecule has 1 fully saturated rings. The number of rotatable bonds is 6. The first-order valence-electron chi connectivity index (χ1n) is 7.53. The van der Waals surface area contributed by atoms with E-state index in [1.807, 2.05) is 24.3 Å². The van der Waals surface area contributed by atoms with Gasteiger partial charge >= 0.3 is 0 Å². The van der Waals surface area contributed by atoms with E-state index in [-0.39, 0.29) is 17.9 Å². The van der Waals surface area contributed by atoms with Crippen LogP contribution in [0.2, 0.25) is 0 Å². The molecule has 0 radical (unpaired) electrons. The van der Waals surface area contributed by atoms with Gasteiger partial charge in [-0.3, -0.25) is 10.0 Å². The molecule has 0 aliphatic carbocycles. The maximum atomic E-state index is 11.5. The average Bonchev–Trinajstić information content (AvgIpc) is 2.61. The second-order valence-electron chi connectivity index (χ2n) is 5.19. The molecule has 0 bridgehead atoms. The molecular weight excluding hydrogens is 314 g/mol. The Hall–Kier alpha value is -1.68. The zero-order valence-corrected chi connectivity index (χ0v) is 13.9. The monoisotopic (exact) mass is 335 g/mol. The maximum Gasteiger partial charge on any atom is 0.246 e. The molecule has 2 atom stereocenters. The van der Waals surface area contributed by atoms with E-state index in [1.165, 1.54) is 0 Å². The van der Waals surface area contributed by atoms with Crippen LogP contribution in [0.25, 0.3) is 0 Å². The van der Waals surface area contributed by atoms with E-state index in [9.17, 15) is 4.79 Å². The molecule has 6 heteroatoms. The first-order chi connectivity index (χ1) is 11.2. The van der Waals surface area contributed by atoms with Crippen molar-refractivity contribution in [1.29, 1.82) is 0 Å². The van der Waals surface area contributed by atoms with Gasteiger partial charge in [0.2, 0.25) is 5.91 Å². The highest BCUT2D eigenvalue weighted by atomic mass is 32.2. The van der Waals surface area contributed by atoms with Crippen LogP contribution < -0.4 is 10.2 Å². The van der Waals surface area contributed by atoms with Crippen molar-refractivity contribution in [2.75, 3.05) is 19.0 Å². The van der Waals surface area contributed by atoms with E-state index in [0.29, 0.717) is 26.1 Å². The number of benzene rings is 1. The molecule has 1 saturated heterocycles. The van der Waals surface area contributed by atoms with Gasteiger partial charge in [0, 0.05) is 23.2 Å². The molecular formula is C17H21NO4S. The van der Waals surface area contributed by atoms with Crippen LogP contribution in [0.3, 0.4) is 0 Å². The molecule has 2 rings (SSSR count). The number of hydroxylamine groups is 1. The molecule has 2 unspecified atom stereocenters. The van der Waals surface area contributed by atoms with E-state index >= 15 is 0 Å². The van der Waals surface area contributed by atoms with Gasteiger partial charge in [-0.2, -0.15) is 0 Å². The van der Waals surface area contributed by atoms with Crippen molar-refractivity contribution in [2.45, 2.75) is 30.8 Å². The highest BCUT2D eigenvalue weighted by Crippen LogP contribution is 2.27. The van der Waals surface area contributed by atoms with Crippen LogP contribution in [0.15, 0.2) is 29.2 Å². The fourth-order valence-corrected chi connectivity index (χ4v) is 3.28. The van der Waals surface area contributed by atoms with E-state index < -0.39 is 0 Å². The average molecular weight is 335 g/mol. The highest BCUT2D eigenvalue weighted by Gasteiger charge is 2.27. The van der Waals surface area contributed by atoms with Gasteiger partial charge < -0.3 is 9.47 Å². The van der Waals surface area contributed by atoms with E-state index in [0.717, 1.165) is 16.4 Å². The molecule has 1 aliphatic rings. The molecule has 5 nitrogen and oxygen atoms in total. The van der Waals surface area contributed by atoms with Crippen molar-refractivity contribution >= 4 is 17.7 Å². The van der Waals surface area contributed by atoms with Gasteiger partial charge in [0.05, 0.1) is 6.10 Å². The number of nitrogens with one attached hydrogen (secondary N) is 1. The van der Waals surface area contributed by atoms with Crippen LogP contribution in [0, 0.1) is 17.8 Å². The molecule has 124 valence electrons. The van der Waals surface area contributed by atoms with Crippen molar-refractivity contribution in [1.82, 2.24) is 5.48 Å². The lowest BCUT2D eigenvalue weighted by molar-refractivity contribution is -0.137. The van der Waals surface area contributed by atoms with Gasteiger partial charge in [-0.05, 0) is 44.0 Å². The number of thioether (sulfide) groups is 1. The van der Waals surface area contributed by atoms with Crippen LogP contribution in [-0.2, 0) is 9.53 Å². The smallest absolute Gasteiger partial charge is 0.246 e. The summed E-state index contributed by atoms with van der Waals surface area (Å²) in [5.41, 5.74) is 1.73. The molecule has 0 aromatic heterocycles. The van der Waals surface area contributed by atoms with Gasteiger partial charge in [-0.25, -0.2) is 5.48 Å².